The second-order valence-electron chi connectivity index (χ2n) is 5.69. The third kappa shape index (κ3) is 5.59. The highest BCUT2D eigenvalue weighted by atomic mass is 16.5. The van der Waals surface area contributed by atoms with Crippen molar-refractivity contribution in [1.29, 1.82) is 0 Å². The van der Waals surface area contributed by atoms with E-state index in [1.165, 1.54) is 0 Å². The van der Waals surface area contributed by atoms with Crippen LogP contribution in [0.2, 0.25) is 0 Å². The topological polar surface area (TPSA) is 70.6 Å². The smallest absolute Gasteiger partial charge is 0.315 e. The van der Waals surface area contributed by atoms with Crippen LogP contribution in [0.15, 0.2) is 42.5 Å². The lowest BCUT2D eigenvalue weighted by molar-refractivity contribution is 0.240. The predicted molar refractivity (Wildman–Crippen MR) is 94.0 cm³/mol. The molecule has 0 aliphatic carbocycles. The fourth-order valence-corrected chi connectivity index (χ4v) is 2.42. The number of amides is 2. The van der Waals surface area contributed by atoms with Gasteiger partial charge in [-0.3, -0.25) is 0 Å². The van der Waals surface area contributed by atoms with E-state index in [-0.39, 0.29) is 12.6 Å². The van der Waals surface area contributed by atoms with Gasteiger partial charge in [-0.05, 0) is 47.7 Å². The molecule has 2 amide bonds. The summed E-state index contributed by atoms with van der Waals surface area (Å²) in [5, 5.41) is 14.7. The van der Waals surface area contributed by atoms with Crippen LogP contribution in [0.1, 0.15) is 22.3 Å². The monoisotopic (exact) mass is 328 g/mol. The molecule has 0 bridgehead atoms. The molecule has 0 saturated heterocycles. The van der Waals surface area contributed by atoms with E-state index < -0.39 is 0 Å². The number of aryl methyl sites for hydroxylation is 1. The number of rotatable bonds is 7. The molecule has 2 aromatic carbocycles. The predicted octanol–water partition coefficient (Wildman–Crippen LogP) is 2.54. The van der Waals surface area contributed by atoms with Crippen molar-refractivity contribution in [3.8, 4) is 5.75 Å². The van der Waals surface area contributed by atoms with Gasteiger partial charge in [-0.2, -0.15) is 0 Å². The molecule has 2 aromatic rings. The summed E-state index contributed by atoms with van der Waals surface area (Å²) in [4.78, 5) is 11.9. The first-order valence-electron chi connectivity index (χ1n) is 7.95. The third-order valence-electron chi connectivity index (χ3n) is 3.70. The Labute approximate surface area is 142 Å². The van der Waals surface area contributed by atoms with Crippen LogP contribution in [-0.4, -0.2) is 24.8 Å². The average molecular weight is 328 g/mol. The molecule has 24 heavy (non-hydrogen) atoms. The molecule has 128 valence electrons. The average Bonchev–Trinajstić information content (AvgIpc) is 2.60. The Morgan fingerprint density at radius 2 is 1.75 bits per heavy atom. The molecule has 5 nitrogen and oxygen atoms in total. The Balaban J connectivity index is 1.74. The first-order valence-corrected chi connectivity index (χ1v) is 7.95. The van der Waals surface area contributed by atoms with Crippen LogP contribution in [0.4, 0.5) is 4.79 Å². The lowest BCUT2D eigenvalue weighted by Crippen LogP contribution is -2.36. The quantitative estimate of drug-likeness (QED) is 0.731. The summed E-state index contributed by atoms with van der Waals surface area (Å²) in [5.41, 5.74) is 4.11. The molecular formula is C19H24N2O3. The van der Waals surface area contributed by atoms with Crippen LogP contribution in [0.25, 0.3) is 0 Å². The van der Waals surface area contributed by atoms with Crippen LogP contribution in [-0.2, 0) is 19.6 Å². The molecule has 0 unspecified atom stereocenters. The molecule has 5 heteroatoms. The maximum absolute atomic E-state index is 11.9. The largest absolute Gasteiger partial charge is 0.497 e. The number of nitrogens with one attached hydrogen (secondary N) is 2. The van der Waals surface area contributed by atoms with Gasteiger partial charge < -0.3 is 20.5 Å². The molecular weight excluding hydrogens is 304 g/mol. The normalized spacial score (nSPS) is 10.3. The Bertz CT molecular complexity index is 669. The molecule has 0 saturated carbocycles. The summed E-state index contributed by atoms with van der Waals surface area (Å²) in [5.74, 6) is 0.790. The fraction of sp³-hybridized carbons (Fsp3) is 0.316. The molecule has 0 spiro atoms. The number of carbonyl (C=O) groups is 1. The van der Waals surface area contributed by atoms with Gasteiger partial charge in [0.2, 0.25) is 0 Å². The van der Waals surface area contributed by atoms with Gasteiger partial charge in [-0.25, -0.2) is 4.79 Å². The molecule has 0 aromatic heterocycles. The Kier molecular flexibility index (Phi) is 6.63. The van der Waals surface area contributed by atoms with Gasteiger partial charge in [0.25, 0.3) is 0 Å². The SMILES string of the molecule is COc1cc(C)cc(CNC(=O)NCCc2ccc(CO)cc2)c1. The number of carbonyl (C=O) groups excluding carboxylic acids is 1. The van der Waals surface area contributed by atoms with E-state index in [2.05, 4.69) is 10.6 Å². The Morgan fingerprint density at radius 1 is 1.04 bits per heavy atom. The van der Waals surface area contributed by atoms with E-state index in [0.717, 1.165) is 34.4 Å². The summed E-state index contributed by atoms with van der Waals surface area (Å²) >= 11 is 0. The van der Waals surface area contributed by atoms with Crippen LogP contribution in [0.5, 0.6) is 5.75 Å². The van der Waals surface area contributed by atoms with Gasteiger partial charge in [0, 0.05) is 13.1 Å². The van der Waals surface area contributed by atoms with Gasteiger partial charge in [-0.1, -0.05) is 30.3 Å². The van der Waals surface area contributed by atoms with Crippen molar-refractivity contribution in [2.45, 2.75) is 26.5 Å². The van der Waals surface area contributed by atoms with E-state index in [4.69, 9.17) is 9.84 Å². The van der Waals surface area contributed by atoms with Crippen LogP contribution in [0.3, 0.4) is 0 Å². The van der Waals surface area contributed by atoms with Crippen molar-refractivity contribution < 1.29 is 14.6 Å². The highest BCUT2D eigenvalue weighted by molar-refractivity contribution is 5.73. The van der Waals surface area contributed by atoms with Gasteiger partial charge in [-0.15, -0.1) is 0 Å². The highest BCUT2D eigenvalue weighted by Gasteiger charge is 2.03. The second-order valence-corrected chi connectivity index (χ2v) is 5.69. The zero-order valence-electron chi connectivity index (χ0n) is 14.1. The molecule has 0 heterocycles. The van der Waals surface area contributed by atoms with Crippen molar-refractivity contribution in [1.82, 2.24) is 10.6 Å². The van der Waals surface area contributed by atoms with E-state index in [1.807, 2.05) is 49.4 Å². The van der Waals surface area contributed by atoms with Crippen LogP contribution in [0, 0.1) is 6.92 Å². The first-order chi connectivity index (χ1) is 11.6. The number of ether oxygens (including phenoxy) is 1. The summed E-state index contributed by atoms with van der Waals surface area (Å²) in [7, 11) is 1.63. The maximum atomic E-state index is 11.9. The van der Waals surface area contributed by atoms with Crippen molar-refractivity contribution in [3.05, 3.63) is 64.7 Å². The zero-order valence-corrected chi connectivity index (χ0v) is 14.1. The molecule has 0 aliphatic rings. The second kappa shape index (κ2) is 8.93. The zero-order chi connectivity index (χ0) is 17.4. The van der Waals surface area contributed by atoms with Gasteiger partial charge in [0.15, 0.2) is 0 Å². The van der Waals surface area contributed by atoms with Gasteiger partial charge in [0.1, 0.15) is 5.75 Å². The number of hydrogen-bond donors (Lipinski definition) is 3. The number of methoxy groups -OCH3 is 1. The number of benzene rings is 2. The standard InChI is InChI=1S/C19H24N2O3/c1-14-9-17(11-18(10-14)24-2)12-21-19(23)20-8-7-15-3-5-16(13-22)6-4-15/h3-6,9-11,22H,7-8,12-13H2,1-2H3,(H2,20,21,23). The minimum atomic E-state index is -0.192. The molecule has 3 N–H and O–H groups in total. The summed E-state index contributed by atoms with van der Waals surface area (Å²) in [6.45, 7) is 3.05. The van der Waals surface area contributed by atoms with Crippen molar-refractivity contribution in [2.75, 3.05) is 13.7 Å². The summed E-state index contributed by atoms with van der Waals surface area (Å²) < 4.78 is 5.23. The fourth-order valence-electron chi connectivity index (χ4n) is 2.42. The molecule has 0 radical (unpaired) electrons. The first kappa shape index (κ1) is 17.8. The lowest BCUT2D eigenvalue weighted by Gasteiger charge is -2.10. The van der Waals surface area contributed by atoms with E-state index in [0.29, 0.717) is 13.1 Å². The number of aliphatic hydroxyl groups is 1. The molecule has 0 aliphatic heterocycles. The number of aliphatic hydroxyl groups excluding tert-OH is 1. The minimum absolute atomic E-state index is 0.0463. The van der Waals surface area contributed by atoms with Crippen LogP contribution < -0.4 is 15.4 Å². The summed E-state index contributed by atoms with van der Waals surface area (Å²) in [6, 6.07) is 13.4. The molecule has 0 atom stereocenters. The Morgan fingerprint density at radius 3 is 2.42 bits per heavy atom. The minimum Gasteiger partial charge on any atom is -0.497 e. The molecule has 2 rings (SSSR count). The number of urea groups is 1. The lowest BCUT2D eigenvalue weighted by atomic mass is 10.1. The third-order valence-corrected chi connectivity index (χ3v) is 3.70. The Hall–Kier alpha value is -2.53. The van der Waals surface area contributed by atoms with Crippen molar-refractivity contribution >= 4 is 6.03 Å². The van der Waals surface area contributed by atoms with Crippen molar-refractivity contribution in [2.24, 2.45) is 0 Å². The van der Waals surface area contributed by atoms with Crippen molar-refractivity contribution in [3.63, 3.8) is 0 Å². The number of hydrogen-bond acceptors (Lipinski definition) is 3. The van der Waals surface area contributed by atoms with Crippen LogP contribution >= 0.6 is 0 Å². The molecule has 0 fully saturated rings. The van der Waals surface area contributed by atoms with E-state index >= 15 is 0 Å². The van der Waals surface area contributed by atoms with Gasteiger partial charge >= 0.3 is 6.03 Å². The van der Waals surface area contributed by atoms with E-state index in [1.54, 1.807) is 7.11 Å². The maximum Gasteiger partial charge on any atom is 0.315 e. The summed E-state index contributed by atoms with van der Waals surface area (Å²) in [6.07, 6.45) is 0.747. The highest BCUT2D eigenvalue weighted by Crippen LogP contribution is 2.16. The van der Waals surface area contributed by atoms with Gasteiger partial charge in [0.05, 0.1) is 13.7 Å². The van der Waals surface area contributed by atoms with E-state index in [9.17, 15) is 4.79 Å².